The number of amides is 2. The Balaban J connectivity index is 1.19. The number of rotatable bonds is 5. The van der Waals surface area contributed by atoms with Gasteiger partial charge in [-0.05, 0) is 56.9 Å². The molecule has 6 nitrogen and oxygen atoms in total. The van der Waals surface area contributed by atoms with Crippen LogP contribution in [0.5, 0.6) is 0 Å². The number of nitrogens with zero attached hydrogens (tertiary/aromatic N) is 2. The van der Waals surface area contributed by atoms with Gasteiger partial charge in [-0.25, -0.2) is 4.98 Å². The molecule has 2 aliphatic rings. The van der Waals surface area contributed by atoms with Crippen LogP contribution in [0.2, 0.25) is 0 Å². The summed E-state index contributed by atoms with van der Waals surface area (Å²) in [5.74, 6) is 1.20. The Morgan fingerprint density at radius 1 is 1.17 bits per heavy atom. The molecule has 0 spiro atoms. The van der Waals surface area contributed by atoms with E-state index in [1.807, 2.05) is 48.2 Å². The highest BCUT2D eigenvalue weighted by atomic mass is 32.1. The predicted molar refractivity (Wildman–Crippen MR) is 118 cm³/mol. The van der Waals surface area contributed by atoms with Gasteiger partial charge < -0.3 is 15.2 Å². The van der Waals surface area contributed by atoms with E-state index in [-0.39, 0.29) is 29.7 Å². The van der Waals surface area contributed by atoms with Gasteiger partial charge in [-0.2, -0.15) is 0 Å². The summed E-state index contributed by atoms with van der Waals surface area (Å²) in [4.78, 5) is 37.2. The number of hydrogen-bond donors (Lipinski definition) is 2. The first kappa shape index (κ1) is 19.3. The normalized spacial score (nSPS) is 22.1. The number of piperidine rings is 1. The van der Waals surface area contributed by atoms with Crippen LogP contribution in [0.25, 0.3) is 11.0 Å². The summed E-state index contributed by atoms with van der Waals surface area (Å²) in [6.45, 7) is 3.68. The van der Waals surface area contributed by atoms with E-state index in [0.717, 1.165) is 59.0 Å². The highest BCUT2D eigenvalue weighted by Gasteiger charge is 2.46. The second-order valence-electron chi connectivity index (χ2n) is 8.37. The van der Waals surface area contributed by atoms with Crippen LogP contribution in [0.1, 0.15) is 64.9 Å². The fourth-order valence-corrected chi connectivity index (χ4v) is 5.26. The van der Waals surface area contributed by atoms with Gasteiger partial charge in [0.05, 0.1) is 22.0 Å². The number of thiophene rings is 1. The minimum Gasteiger partial charge on any atom is -0.349 e. The van der Waals surface area contributed by atoms with Crippen molar-refractivity contribution in [3.05, 3.63) is 52.0 Å². The molecule has 3 heterocycles. The molecule has 1 aliphatic carbocycles. The maximum Gasteiger partial charge on any atom is 0.263 e. The van der Waals surface area contributed by atoms with Gasteiger partial charge in [0.25, 0.3) is 5.91 Å². The number of benzene rings is 1. The second-order valence-corrected chi connectivity index (χ2v) is 9.49. The van der Waals surface area contributed by atoms with Gasteiger partial charge in [-0.15, -0.1) is 11.3 Å². The van der Waals surface area contributed by atoms with Crippen molar-refractivity contribution in [3.8, 4) is 0 Å². The number of hydrogen-bond acceptors (Lipinski definition) is 4. The molecule has 1 aromatic carbocycles. The van der Waals surface area contributed by atoms with Crippen LogP contribution in [-0.2, 0) is 4.79 Å². The molecule has 3 atom stereocenters. The lowest BCUT2D eigenvalue weighted by Gasteiger charge is -2.26. The third-order valence-electron chi connectivity index (χ3n) is 6.15. The van der Waals surface area contributed by atoms with Crippen LogP contribution < -0.4 is 5.32 Å². The third-order valence-corrected chi connectivity index (χ3v) is 7.41. The van der Waals surface area contributed by atoms with E-state index in [1.165, 1.54) is 17.8 Å². The molecule has 0 bridgehead atoms. The smallest absolute Gasteiger partial charge is 0.263 e. The van der Waals surface area contributed by atoms with Crippen molar-refractivity contribution in [1.29, 1.82) is 0 Å². The summed E-state index contributed by atoms with van der Waals surface area (Å²) in [5.41, 5.74) is 1.95. The van der Waals surface area contributed by atoms with E-state index in [1.54, 1.807) is 0 Å². The molecule has 1 aliphatic heterocycles. The first-order chi connectivity index (χ1) is 14.6. The van der Waals surface area contributed by atoms with Gasteiger partial charge in [0.1, 0.15) is 5.82 Å². The lowest BCUT2D eigenvalue weighted by atomic mass is 10.1. The molecule has 156 valence electrons. The zero-order valence-corrected chi connectivity index (χ0v) is 17.9. The van der Waals surface area contributed by atoms with Gasteiger partial charge in [0.15, 0.2) is 0 Å². The highest BCUT2D eigenvalue weighted by Crippen LogP contribution is 2.47. The first-order valence-electron chi connectivity index (χ1n) is 10.7. The number of aromatic amines is 1. The number of imidazole rings is 1. The number of likely N-dealkylation sites (tertiary alicyclic amines) is 1. The molecule has 2 fully saturated rings. The van der Waals surface area contributed by atoms with Crippen LogP contribution >= 0.6 is 11.3 Å². The van der Waals surface area contributed by atoms with E-state index in [4.69, 9.17) is 0 Å². The molecule has 2 N–H and O–H groups in total. The third kappa shape index (κ3) is 3.74. The molecule has 30 heavy (non-hydrogen) atoms. The molecule has 2 aromatic heterocycles. The van der Waals surface area contributed by atoms with Gasteiger partial charge in [0.2, 0.25) is 5.91 Å². The number of carbonyl (C=O) groups excluding carboxylic acids is 2. The van der Waals surface area contributed by atoms with Gasteiger partial charge in [0, 0.05) is 29.8 Å². The summed E-state index contributed by atoms with van der Waals surface area (Å²) >= 11 is 1.49. The lowest BCUT2D eigenvalue weighted by molar-refractivity contribution is -0.123. The van der Waals surface area contributed by atoms with E-state index >= 15 is 0 Å². The Bertz CT molecular complexity index is 1050. The molecule has 1 unspecified atom stereocenters. The topological polar surface area (TPSA) is 78.1 Å². The van der Waals surface area contributed by atoms with Crippen LogP contribution in [0.3, 0.4) is 0 Å². The number of carbonyl (C=O) groups is 2. The standard InChI is InChI=1S/C23H26N4O2S/c1-14(19-9-10-20(30-19)23(29)27-11-5-2-6-12-27)24-22(28)16-13-15(16)21-25-17-7-3-4-8-18(17)26-21/h3-4,7-10,14-16H,2,5-6,11-13H2,1H3,(H,24,28)(H,25,26)/t14-,15-,16?/m1/s1. The molecule has 3 aromatic rings. The monoisotopic (exact) mass is 422 g/mol. The van der Waals surface area contributed by atoms with Gasteiger partial charge in [-0.3, -0.25) is 9.59 Å². The molecule has 0 radical (unpaired) electrons. The molecule has 5 rings (SSSR count). The minimum absolute atomic E-state index is 0.0394. The Hall–Kier alpha value is -2.67. The minimum atomic E-state index is -0.109. The maximum absolute atomic E-state index is 12.8. The zero-order valence-electron chi connectivity index (χ0n) is 17.1. The molecular weight excluding hydrogens is 396 g/mol. The number of aromatic nitrogens is 2. The van der Waals surface area contributed by atoms with E-state index in [2.05, 4.69) is 15.3 Å². The largest absolute Gasteiger partial charge is 0.349 e. The predicted octanol–water partition coefficient (Wildman–Crippen LogP) is 4.23. The average Bonchev–Trinajstić information content (AvgIpc) is 3.21. The van der Waals surface area contributed by atoms with E-state index < -0.39 is 0 Å². The van der Waals surface area contributed by atoms with Gasteiger partial charge in [-0.1, -0.05) is 12.1 Å². The van der Waals surface area contributed by atoms with E-state index in [0.29, 0.717) is 0 Å². The first-order valence-corrected chi connectivity index (χ1v) is 11.6. The number of H-pyrrole nitrogens is 1. The van der Waals surface area contributed by atoms with Crippen LogP contribution in [-0.4, -0.2) is 39.8 Å². The van der Waals surface area contributed by atoms with Crippen LogP contribution in [0.4, 0.5) is 0 Å². The van der Waals surface area contributed by atoms with Crippen molar-refractivity contribution in [2.75, 3.05) is 13.1 Å². The van der Waals surface area contributed by atoms with Crippen LogP contribution in [0.15, 0.2) is 36.4 Å². The fraction of sp³-hybridized carbons (Fsp3) is 0.435. The van der Waals surface area contributed by atoms with Crippen molar-refractivity contribution in [2.45, 2.75) is 44.6 Å². The van der Waals surface area contributed by atoms with Crippen molar-refractivity contribution >= 4 is 34.2 Å². The Morgan fingerprint density at radius 3 is 2.77 bits per heavy atom. The van der Waals surface area contributed by atoms with Crippen molar-refractivity contribution in [2.24, 2.45) is 5.92 Å². The fourth-order valence-electron chi connectivity index (χ4n) is 4.28. The lowest BCUT2D eigenvalue weighted by Crippen LogP contribution is -2.35. The molecule has 2 amide bonds. The highest BCUT2D eigenvalue weighted by molar-refractivity contribution is 7.14. The van der Waals surface area contributed by atoms with Crippen molar-refractivity contribution in [1.82, 2.24) is 20.2 Å². The quantitative estimate of drug-likeness (QED) is 0.646. The van der Waals surface area contributed by atoms with Gasteiger partial charge >= 0.3 is 0 Å². The number of nitrogens with one attached hydrogen (secondary N) is 2. The summed E-state index contributed by atoms with van der Waals surface area (Å²) in [7, 11) is 0. The molecule has 7 heteroatoms. The van der Waals surface area contributed by atoms with Crippen LogP contribution in [0, 0.1) is 5.92 Å². The van der Waals surface area contributed by atoms with Crippen molar-refractivity contribution < 1.29 is 9.59 Å². The number of fused-ring (bicyclic) bond motifs is 1. The summed E-state index contributed by atoms with van der Waals surface area (Å²) in [6, 6.07) is 11.7. The SMILES string of the molecule is C[C@@H](NC(=O)C1C[C@H]1c1nc2ccccc2[nH]1)c1ccc(C(=O)N2CCCCC2)s1. The van der Waals surface area contributed by atoms with Crippen molar-refractivity contribution in [3.63, 3.8) is 0 Å². The Labute approximate surface area is 179 Å². The number of para-hydroxylation sites is 2. The molecule has 1 saturated heterocycles. The molecule has 1 saturated carbocycles. The summed E-state index contributed by atoms with van der Waals surface area (Å²) in [6.07, 6.45) is 4.20. The summed E-state index contributed by atoms with van der Waals surface area (Å²) < 4.78 is 0. The summed E-state index contributed by atoms with van der Waals surface area (Å²) in [5, 5.41) is 3.13. The Kier molecular flexibility index (Phi) is 5.06. The zero-order chi connectivity index (χ0) is 20.7. The second kappa shape index (κ2) is 7.87. The average molecular weight is 423 g/mol. The maximum atomic E-state index is 12.8. The van der Waals surface area contributed by atoms with E-state index in [9.17, 15) is 9.59 Å². The molecular formula is C23H26N4O2S. The Morgan fingerprint density at radius 2 is 1.97 bits per heavy atom.